The molecule has 2 heterocycles. The second-order valence-electron chi connectivity index (χ2n) is 6.84. The number of thiophene rings is 1. The normalized spacial score (nSPS) is 10.7. The second kappa shape index (κ2) is 10.9. The van der Waals surface area contributed by atoms with Crippen molar-refractivity contribution >= 4 is 44.7 Å². The molecule has 3 N–H and O–H groups in total. The number of hydrogen-bond donors (Lipinski definition) is 3. The fourth-order valence-electron chi connectivity index (χ4n) is 2.97. The van der Waals surface area contributed by atoms with Crippen LogP contribution in [0.4, 0.5) is 5.82 Å². The smallest absolute Gasteiger partial charge is 0.185 e. The number of hydrazine groups is 1. The van der Waals surface area contributed by atoms with E-state index in [4.69, 9.17) is 21.7 Å². The van der Waals surface area contributed by atoms with Crippen molar-refractivity contribution in [3.05, 3.63) is 72.6 Å². The number of fused-ring (bicyclic) bond motifs is 1. The molecule has 32 heavy (non-hydrogen) atoms. The van der Waals surface area contributed by atoms with E-state index in [0.717, 1.165) is 32.0 Å². The zero-order valence-electron chi connectivity index (χ0n) is 17.5. The van der Waals surface area contributed by atoms with Crippen LogP contribution in [0.25, 0.3) is 20.7 Å². The fourth-order valence-corrected chi connectivity index (χ4v) is 4.18. The predicted molar refractivity (Wildman–Crippen MR) is 133 cm³/mol. The molecular formula is C23H23N5O2S2. The molecule has 4 aromatic rings. The maximum absolute atomic E-state index is 5.89. The molecule has 9 heteroatoms. The maximum Gasteiger partial charge on any atom is 0.185 e. The molecule has 0 aliphatic rings. The van der Waals surface area contributed by atoms with Gasteiger partial charge in [-0.3, -0.25) is 10.9 Å². The molecule has 7 nitrogen and oxygen atoms in total. The number of ether oxygens (including phenoxy) is 2. The van der Waals surface area contributed by atoms with Crippen LogP contribution in [-0.2, 0) is 11.3 Å². The van der Waals surface area contributed by atoms with Crippen molar-refractivity contribution in [2.75, 3.05) is 25.7 Å². The predicted octanol–water partition coefficient (Wildman–Crippen LogP) is 4.37. The van der Waals surface area contributed by atoms with Crippen LogP contribution < -0.4 is 20.9 Å². The molecule has 0 saturated heterocycles. The molecule has 0 spiro atoms. The van der Waals surface area contributed by atoms with Gasteiger partial charge in [-0.25, -0.2) is 9.97 Å². The van der Waals surface area contributed by atoms with Crippen LogP contribution in [0.1, 0.15) is 5.56 Å². The molecule has 2 aromatic carbocycles. The Balaban J connectivity index is 1.42. The quantitative estimate of drug-likeness (QED) is 0.191. The van der Waals surface area contributed by atoms with Crippen molar-refractivity contribution in [3.8, 4) is 16.2 Å². The summed E-state index contributed by atoms with van der Waals surface area (Å²) in [7, 11) is 1.65. The first kappa shape index (κ1) is 21.9. The molecular weight excluding hydrogens is 442 g/mol. The van der Waals surface area contributed by atoms with Crippen LogP contribution in [0.15, 0.2) is 67.0 Å². The molecule has 0 fully saturated rings. The summed E-state index contributed by atoms with van der Waals surface area (Å²) in [5.41, 5.74) is 9.12. The number of nitrogens with one attached hydrogen (secondary N) is 3. The molecule has 0 bridgehead atoms. The van der Waals surface area contributed by atoms with Gasteiger partial charge in [0.1, 0.15) is 18.7 Å². The van der Waals surface area contributed by atoms with Crippen LogP contribution >= 0.6 is 23.6 Å². The van der Waals surface area contributed by atoms with Crippen molar-refractivity contribution < 1.29 is 9.47 Å². The zero-order chi connectivity index (χ0) is 22.2. The van der Waals surface area contributed by atoms with Crippen molar-refractivity contribution in [1.29, 1.82) is 0 Å². The van der Waals surface area contributed by atoms with Gasteiger partial charge in [-0.1, -0.05) is 30.3 Å². The van der Waals surface area contributed by atoms with Crippen LogP contribution in [-0.4, -0.2) is 35.3 Å². The summed E-state index contributed by atoms with van der Waals surface area (Å²) in [5, 5.41) is 3.51. The highest BCUT2D eigenvalue weighted by Crippen LogP contribution is 2.36. The van der Waals surface area contributed by atoms with Gasteiger partial charge in [-0.2, -0.15) is 0 Å². The molecule has 0 atom stereocenters. The summed E-state index contributed by atoms with van der Waals surface area (Å²) < 4.78 is 11.8. The van der Waals surface area contributed by atoms with Gasteiger partial charge in [-0.05, 0) is 53.7 Å². The minimum absolute atomic E-state index is 0.469. The van der Waals surface area contributed by atoms with Gasteiger partial charge in [0, 0.05) is 18.5 Å². The Hall–Kier alpha value is -3.27. The highest BCUT2D eigenvalue weighted by molar-refractivity contribution is 7.80. The lowest BCUT2D eigenvalue weighted by molar-refractivity contribution is 0.204. The van der Waals surface area contributed by atoms with E-state index in [1.807, 2.05) is 30.3 Å². The summed E-state index contributed by atoms with van der Waals surface area (Å²) in [5.74, 6) is 1.50. The Kier molecular flexibility index (Phi) is 7.44. The summed E-state index contributed by atoms with van der Waals surface area (Å²) in [6, 6.07) is 20.3. The lowest BCUT2D eigenvalue weighted by Gasteiger charge is -2.11. The number of methoxy groups -OCH3 is 1. The van der Waals surface area contributed by atoms with E-state index >= 15 is 0 Å². The highest BCUT2D eigenvalue weighted by atomic mass is 32.1. The first-order valence-corrected chi connectivity index (χ1v) is 11.3. The van der Waals surface area contributed by atoms with E-state index in [1.54, 1.807) is 18.4 Å². The molecule has 0 amide bonds. The Morgan fingerprint density at radius 2 is 1.88 bits per heavy atom. The molecule has 0 aliphatic carbocycles. The summed E-state index contributed by atoms with van der Waals surface area (Å²) in [6.45, 7) is 1.74. The van der Waals surface area contributed by atoms with Gasteiger partial charge in [0.15, 0.2) is 10.9 Å². The summed E-state index contributed by atoms with van der Waals surface area (Å²) in [4.78, 5) is 9.84. The van der Waals surface area contributed by atoms with Crippen molar-refractivity contribution in [2.45, 2.75) is 6.61 Å². The first-order valence-electron chi connectivity index (χ1n) is 10.0. The third-order valence-electron chi connectivity index (χ3n) is 4.58. The van der Waals surface area contributed by atoms with Gasteiger partial charge in [-0.15, -0.1) is 11.3 Å². The molecule has 0 saturated carbocycles. The molecule has 164 valence electrons. The standard InChI is InChI=1S/C23H23N5O2S2/c1-29-12-11-24-23(31)28-27-22-21-19(25-15-26-22)13-20(32-21)17-7-9-18(10-8-17)30-14-16-5-3-2-4-6-16/h2-10,13,15H,11-12,14H2,1H3,(H2,24,28,31)(H,25,26,27). The van der Waals surface area contributed by atoms with Gasteiger partial charge in [0.2, 0.25) is 0 Å². The zero-order valence-corrected chi connectivity index (χ0v) is 19.1. The summed E-state index contributed by atoms with van der Waals surface area (Å²) in [6.07, 6.45) is 1.53. The monoisotopic (exact) mass is 465 g/mol. The number of benzene rings is 2. The van der Waals surface area contributed by atoms with Gasteiger partial charge in [0.25, 0.3) is 0 Å². The Morgan fingerprint density at radius 3 is 2.66 bits per heavy atom. The van der Waals surface area contributed by atoms with E-state index in [1.165, 1.54) is 6.33 Å². The van der Waals surface area contributed by atoms with Crippen LogP contribution in [0.3, 0.4) is 0 Å². The van der Waals surface area contributed by atoms with Crippen molar-refractivity contribution in [2.24, 2.45) is 0 Å². The number of rotatable bonds is 9. The van der Waals surface area contributed by atoms with Crippen molar-refractivity contribution in [1.82, 2.24) is 20.7 Å². The largest absolute Gasteiger partial charge is 0.489 e. The lowest BCUT2D eigenvalue weighted by Crippen LogP contribution is -2.40. The molecule has 0 aliphatic heterocycles. The van der Waals surface area contributed by atoms with Gasteiger partial charge >= 0.3 is 0 Å². The highest BCUT2D eigenvalue weighted by Gasteiger charge is 2.11. The molecule has 0 radical (unpaired) electrons. The number of nitrogens with zero attached hydrogens (tertiary/aromatic N) is 2. The second-order valence-corrected chi connectivity index (χ2v) is 8.31. The maximum atomic E-state index is 5.89. The Bertz CT molecular complexity index is 1170. The van der Waals surface area contributed by atoms with E-state index in [-0.39, 0.29) is 0 Å². The Labute approximate surface area is 195 Å². The van der Waals surface area contributed by atoms with E-state index in [9.17, 15) is 0 Å². The lowest BCUT2D eigenvalue weighted by atomic mass is 10.2. The number of aromatic nitrogens is 2. The first-order chi connectivity index (χ1) is 15.7. The third kappa shape index (κ3) is 5.70. The van der Waals surface area contributed by atoms with E-state index < -0.39 is 0 Å². The molecule has 0 unspecified atom stereocenters. The SMILES string of the molecule is COCCNC(=S)NNc1ncnc2cc(-c3ccc(OCc4ccccc4)cc3)sc12. The number of hydrogen-bond acceptors (Lipinski definition) is 7. The average Bonchev–Trinajstić information content (AvgIpc) is 3.28. The summed E-state index contributed by atoms with van der Waals surface area (Å²) >= 11 is 6.86. The third-order valence-corrected chi connectivity index (χ3v) is 6.01. The van der Waals surface area contributed by atoms with Crippen LogP contribution in [0.2, 0.25) is 0 Å². The van der Waals surface area contributed by atoms with E-state index in [2.05, 4.69) is 56.5 Å². The van der Waals surface area contributed by atoms with Crippen LogP contribution in [0.5, 0.6) is 5.75 Å². The fraction of sp³-hybridized carbons (Fsp3) is 0.174. The van der Waals surface area contributed by atoms with Crippen LogP contribution in [0, 0.1) is 0 Å². The van der Waals surface area contributed by atoms with Gasteiger partial charge < -0.3 is 14.8 Å². The van der Waals surface area contributed by atoms with E-state index in [0.29, 0.717) is 30.7 Å². The molecule has 4 rings (SSSR count). The van der Waals surface area contributed by atoms with Crippen molar-refractivity contribution in [3.63, 3.8) is 0 Å². The topological polar surface area (TPSA) is 80.3 Å². The minimum Gasteiger partial charge on any atom is -0.489 e. The number of thiocarbonyl (C=S) groups is 1. The average molecular weight is 466 g/mol. The van der Waals surface area contributed by atoms with Gasteiger partial charge in [0.05, 0.1) is 16.8 Å². The minimum atomic E-state index is 0.469. The molecule has 2 aromatic heterocycles. The Morgan fingerprint density at radius 1 is 1.06 bits per heavy atom. The number of anilines is 1.